The molecular weight excluding hydrogens is 462 g/mol. The smallest absolute Gasteiger partial charge is 0.262 e. The van der Waals surface area contributed by atoms with Crippen molar-refractivity contribution >= 4 is 33.2 Å². The normalized spacial score (nSPS) is 11.1. The number of aryl methyl sites for hydroxylation is 3. The Labute approximate surface area is 207 Å². The summed E-state index contributed by atoms with van der Waals surface area (Å²) in [7, 11) is -3.93. The van der Waals surface area contributed by atoms with Crippen molar-refractivity contribution in [2.75, 3.05) is 16.6 Å². The summed E-state index contributed by atoms with van der Waals surface area (Å²) < 4.78 is 28.8. The maximum atomic E-state index is 13.1. The number of anilines is 2. The van der Waals surface area contributed by atoms with Crippen molar-refractivity contribution in [3.05, 3.63) is 88.5 Å². The maximum Gasteiger partial charge on any atom is 0.262 e. The Hall–Kier alpha value is -3.65. The predicted octanol–water partition coefficient (Wildman–Crippen LogP) is 5.19. The van der Waals surface area contributed by atoms with Crippen molar-refractivity contribution in [2.45, 2.75) is 45.4 Å². The number of hydrogen-bond acceptors (Lipinski definition) is 4. The van der Waals surface area contributed by atoms with E-state index in [0.29, 0.717) is 29.0 Å². The third-order valence-electron chi connectivity index (χ3n) is 5.73. The third-order valence-corrected chi connectivity index (χ3v) is 7.26. The van der Waals surface area contributed by atoms with E-state index in [9.17, 15) is 18.0 Å². The van der Waals surface area contributed by atoms with Gasteiger partial charge in [0, 0.05) is 17.8 Å². The Morgan fingerprint density at radius 1 is 0.829 bits per heavy atom. The Morgan fingerprint density at radius 2 is 1.54 bits per heavy atom. The number of nitrogens with one attached hydrogen (secondary N) is 3. The van der Waals surface area contributed by atoms with Crippen molar-refractivity contribution in [2.24, 2.45) is 0 Å². The van der Waals surface area contributed by atoms with Crippen LogP contribution in [0, 0.1) is 20.8 Å². The summed E-state index contributed by atoms with van der Waals surface area (Å²) in [6.45, 7) is 8.11. The molecule has 0 aliphatic heterocycles. The number of para-hydroxylation sites is 1. The van der Waals surface area contributed by atoms with E-state index in [2.05, 4.69) is 15.4 Å². The first kappa shape index (κ1) is 26.0. The van der Waals surface area contributed by atoms with Crippen LogP contribution < -0.4 is 15.4 Å². The fourth-order valence-electron chi connectivity index (χ4n) is 3.50. The lowest BCUT2D eigenvalue weighted by Gasteiger charge is -2.14. The molecule has 3 aromatic carbocycles. The monoisotopic (exact) mass is 493 g/mol. The van der Waals surface area contributed by atoms with Gasteiger partial charge in [-0.1, -0.05) is 37.6 Å². The van der Waals surface area contributed by atoms with Crippen LogP contribution in [-0.4, -0.2) is 26.8 Å². The molecule has 0 unspecified atom stereocenters. The van der Waals surface area contributed by atoms with Gasteiger partial charge in [0.1, 0.15) is 0 Å². The van der Waals surface area contributed by atoms with Gasteiger partial charge in [0.15, 0.2) is 0 Å². The van der Waals surface area contributed by atoms with Gasteiger partial charge in [-0.05, 0) is 80.3 Å². The minimum atomic E-state index is -3.93. The van der Waals surface area contributed by atoms with Crippen LogP contribution in [0.5, 0.6) is 0 Å². The van der Waals surface area contributed by atoms with E-state index < -0.39 is 15.9 Å². The van der Waals surface area contributed by atoms with Crippen molar-refractivity contribution in [1.82, 2.24) is 5.32 Å². The third kappa shape index (κ3) is 6.48. The highest BCUT2D eigenvalue weighted by molar-refractivity contribution is 7.92. The van der Waals surface area contributed by atoms with Crippen LogP contribution in [-0.2, 0) is 10.0 Å². The Bertz CT molecular complexity index is 1350. The average Bonchev–Trinajstić information content (AvgIpc) is 2.82. The summed E-state index contributed by atoms with van der Waals surface area (Å²) in [5.41, 5.74) is 3.84. The molecule has 0 aliphatic rings. The van der Waals surface area contributed by atoms with Crippen molar-refractivity contribution in [3.63, 3.8) is 0 Å². The summed E-state index contributed by atoms with van der Waals surface area (Å²) in [6, 6.07) is 16.5. The van der Waals surface area contributed by atoms with Crippen LogP contribution in [0.3, 0.4) is 0 Å². The lowest BCUT2D eigenvalue weighted by Crippen LogP contribution is -2.26. The van der Waals surface area contributed by atoms with E-state index in [4.69, 9.17) is 0 Å². The fourth-order valence-corrected chi connectivity index (χ4v) is 4.83. The lowest BCUT2D eigenvalue weighted by atomic mass is 10.1. The van der Waals surface area contributed by atoms with Gasteiger partial charge in [-0.25, -0.2) is 8.42 Å². The van der Waals surface area contributed by atoms with Gasteiger partial charge in [0.25, 0.3) is 21.8 Å². The summed E-state index contributed by atoms with van der Waals surface area (Å²) in [6.07, 6.45) is 1.81. The molecule has 35 heavy (non-hydrogen) atoms. The molecule has 3 rings (SSSR count). The minimum Gasteiger partial charge on any atom is -0.352 e. The molecule has 0 aromatic heterocycles. The fraction of sp³-hybridized carbons (Fsp3) is 0.259. The number of rotatable bonds is 9. The molecule has 7 nitrogen and oxygen atoms in total. The molecule has 0 spiro atoms. The van der Waals surface area contributed by atoms with E-state index in [1.165, 1.54) is 6.07 Å². The maximum absolute atomic E-state index is 13.1. The first-order valence-corrected chi connectivity index (χ1v) is 13.0. The van der Waals surface area contributed by atoms with E-state index in [0.717, 1.165) is 24.0 Å². The van der Waals surface area contributed by atoms with Gasteiger partial charge in [0.05, 0.1) is 16.1 Å². The van der Waals surface area contributed by atoms with Crippen LogP contribution in [0.25, 0.3) is 0 Å². The van der Waals surface area contributed by atoms with Gasteiger partial charge >= 0.3 is 0 Å². The highest BCUT2D eigenvalue weighted by Crippen LogP contribution is 2.23. The molecule has 3 N–H and O–H groups in total. The summed E-state index contributed by atoms with van der Waals surface area (Å²) in [5, 5.41) is 5.59. The van der Waals surface area contributed by atoms with E-state index in [-0.39, 0.29) is 16.4 Å². The topological polar surface area (TPSA) is 104 Å². The highest BCUT2D eigenvalue weighted by Gasteiger charge is 2.21. The van der Waals surface area contributed by atoms with E-state index in [1.807, 2.05) is 26.8 Å². The van der Waals surface area contributed by atoms with Gasteiger partial charge in [-0.15, -0.1) is 0 Å². The van der Waals surface area contributed by atoms with Crippen molar-refractivity contribution in [1.29, 1.82) is 0 Å². The number of benzene rings is 3. The molecule has 2 amide bonds. The molecule has 0 saturated heterocycles. The predicted molar refractivity (Wildman–Crippen MR) is 140 cm³/mol. The Morgan fingerprint density at radius 3 is 2.26 bits per heavy atom. The highest BCUT2D eigenvalue weighted by atomic mass is 32.2. The zero-order valence-corrected chi connectivity index (χ0v) is 21.3. The van der Waals surface area contributed by atoms with Gasteiger partial charge in [-0.2, -0.15) is 0 Å². The number of carbonyl (C=O) groups excluding carboxylic acids is 2. The molecule has 8 heteroatoms. The largest absolute Gasteiger partial charge is 0.352 e. The Kier molecular flexibility index (Phi) is 8.30. The summed E-state index contributed by atoms with van der Waals surface area (Å²) >= 11 is 0. The lowest BCUT2D eigenvalue weighted by molar-refractivity contribution is 0.0954. The van der Waals surface area contributed by atoms with Gasteiger partial charge in [0.2, 0.25) is 0 Å². The summed E-state index contributed by atoms with van der Waals surface area (Å²) in [4.78, 5) is 25.6. The van der Waals surface area contributed by atoms with Crippen molar-refractivity contribution in [3.8, 4) is 0 Å². The molecule has 3 aromatic rings. The SMILES string of the molecule is CCCCNC(=O)c1ccccc1NC(=O)c1ccc(C)c(S(=O)(=O)Nc2ccc(C)c(C)c2)c1. The van der Waals surface area contributed by atoms with Crippen LogP contribution in [0.1, 0.15) is 57.2 Å². The number of carbonyl (C=O) groups is 2. The second-order valence-corrected chi connectivity index (χ2v) is 10.1. The number of unbranched alkanes of at least 4 members (excludes halogenated alkanes) is 1. The molecule has 184 valence electrons. The molecule has 0 saturated carbocycles. The van der Waals surface area contributed by atoms with Crippen LogP contribution in [0.4, 0.5) is 11.4 Å². The zero-order chi connectivity index (χ0) is 25.6. The first-order valence-electron chi connectivity index (χ1n) is 11.5. The molecule has 0 bridgehead atoms. The standard InChI is InChI=1S/C27H31N3O4S/c1-5-6-15-28-27(32)23-9-7-8-10-24(23)29-26(31)21-13-11-19(3)25(17-21)35(33,34)30-22-14-12-18(2)20(4)16-22/h7-14,16-17,30H,5-6,15H2,1-4H3,(H,28,32)(H,29,31). The van der Waals surface area contributed by atoms with Gasteiger partial charge < -0.3 is 10.6 Å². The van der Waals surface area contributed by atoms with Crippen molar-refractivity contribution < 1.29 is 18.0 Å². The van der Waals surface area contributed by atoms with Crippen LogP contribution in [0.15, 0.2) is 65.6 Å². The van der Waals surface area contributed by atoms with E-state index >= 15 is 0 Å². The number of amides is 2. The molecule has 0 fully saturated rings. The number of sulfonamides is 1. The molecule has 0 atom stereocenters. The molecule has 0 heterocycles. The van der Waals surface area contributed by atoms with Gasteiger partial charge in [-0.3, -0.25) is 14.3 Å². The zero-order valence-electron chi connectivity index (χ0n) is 20.4. The number of hydrogen-bond donors (Lipinski definition) is 3. The van der Waals surface area contributed by atoms with E-state index in [1.54, 1.807) is 55.5 Å². The first-order chi connectivity index (χ1) is 16.6. The molecular formula is C27H31N3O4S. The van der Waals surface area contributed by atoms with Crippen LogP contribution in [0.2, 0.25) is 0 Å². The second kappa shape index (κ2) is 11.2. The molecule has 0 radical (unpaired) electrons. The summed E-state index contributed by atoms with van der Waals surface area (Å²) in [5.74, 6) is -0.791. The quantitative estimate of drug-likeness (QED) is 0.357. The van der Waals surface area contributed by atoms with Crippen LogP contribution >= 0.6 is 0 Å². The molecule has 0 aliphatic carbocycles. The Balaban J connectivity index is 1.84. The average molecular weight is 494 g/mol. The minimum absolute atomic E-state index is 0.00831. The second-order valence-electron chi connectivity index (χ2n) is 8.49.